The molecule has 0 atom stereocenters. The number of β-amino-alcohol motifs (C(OH)–C–C–N with tert-alkyl or cyclic N) is 1. The van der Waals surface area contributed by atoms with Crippen LogP contribution in [0.25, 0.3) is 16.3 Å². The van der Waals surface area contributed by atoms with Gasteiger partial charge in [0.1, 0.15) is 4.70 Å². The fourth-order valence-corrected chi connectivity index (χ4v) is 9.10. The van der Waals surface area contributed by atoms with Crippen LogP contribution in [0.5, 0.6) is 0 Å². The molecule has 2 aliphatic rings. The Morgan fingerprint density at radius 3 is 2.58 bits per heavy atom. The Morgan fingerprint density at radius 1 is 1.04 bits per heavy atom. The van der Waals surface area contributed by atoms with Crippen LogP contribution in [-0.4, -0.2) is 37.0 Å². The minimum absolute atomic E-state index is 0.104. The van der Waals surface area contributed by atoms with Gasteiger partial charge in [-0.05, 0) is 104 Å². The summed E-state index contributed by atoms with van der Waals surface area (Å²) in [5.74, 6) is -0.187. The zero-order valence-electron chi connectivity index (χ0n) is 27.0. The van der Waals surface area contributed by atoms with E-state index in [1.54, 1.807) is 23.1 Å². The molecule has 1 aliphatic carbocycles. The molecule has 5 rings (SSSR count). The first-order valence-electron chi connectivity index (χ1n) is 15.7. The second kappa shape index (κ2) is 14.0. The van der Waals surface area contributed by atoms with Gasteiger partial charge in [0.05, 0.1) is 23.1 Å². The summed E-state index contributed by atoms with van der Waals surface area (Å²) in [5, 5.41) is 12.1. The predicted octanol–water partition coefficient (Wildman–Crippen LogP) is 8.30. The van der Waals surface area contributed by atoms with Gasteiger partial charge >= 0.3 is 0 Å². The van der Waals surface area contributed by atoms with E-state index in [4.69, 9.17) is 4.55 Å². The molecule has 0 fully saturated rings. The smallest absolute Gasteiger partial charge is 0.264 e. The van der Waals surface area contributed by atoms with Crippen molar-refractivity contribution in [3.63, 3.8) is 0 Å². The van der Waals surface area contributed by atoms with Gasteiger partial charge in [-0.2, -0.15) is 13.0 Å². The first-order chi connectivity index (χ1) is 21.3. The van der Waals surface area contributed by atoms with Crippen LogP contribution < -0.4 is 9.47 Å². The normalized spacial score (nSPS) is 18.5. The van der Waals surface area contributed by atoms with E-state index in [0.29, 0.717) is 13.0 Å². The zero-order chi connectivity index (χ0) is 32.4. The van der Waals surface area contributed by atoms with Gasteiger partial charge in [0.2, 0.25) is 5.52 Å². The molecular weight excluding hydrogens is 621 g/mol. The Morgan fingerprint density at radius 2 is 1.82 bits per heavy atom. The standard InChI is InChI=1S/C36H44N2O4S3/c1-25-12-13-32-30(18-25)38(15-16-39)35(43-32)22-29-21-28(23-36(4,5)24-29)10-9-11-34-37(14-7-6-8-17-45(40,41)42)31-19-26(2)27(3)20-33(31)44-34/h9-13,18-22,39H,6-8,14-17,23-24H2,1-5H3/p+1. The summed E-state index contributed by atoms with van der Waals surface area (Å²) in [6, 6.07) is 11.0. The maximum atomic E-state index is 11.1. The molecule has 0 amide bonds. The minimum atomic E-state index is -3.92. The van der Waals surface area contributed by atoms with Crippen LogP contribution >= 0.6 is 23.1 Å². The Hall–Kier alpha value is -2.69. The Labute approximate surface area is 276 Å². The summed E-state index contributed by atoms with van der Waals surface area (Å²) < 4.78 is 34.9. The molecule has 240 valence electrons. The monoisotopic (exact) mass is 665 g/mol. The first kappa shape index (κ1) is 33.7. The van der Waals surface area contributed by atoms with E-state index in [1.807, 2.05) is 0 Å². The van der Waals surface area contributed by atoms with Gasteiger partial charge in [0.25, 0.3) is 15.1 Å². The maximum absolute atomic E-state index is 11.1. The third-order valence-corrected chi connectivity index (χ3v) is 11.5. The molecule has 2 heterocycles. The molecule has 6 nitrogen and oxygen atoms in total. The van der Waals surface area contributed by atoms with Crippen molar-refractivity contribution < 1.29 is 22.6 Å². The SMILES string of the molecule is Cc1ccc2c(c1)N(CCO)/C(=C/C1=CC(=C/C=C/c3sc4cc(C)c(C)cc4[n+]3CCCCCS(=O)(=O)O)/CC(C)(C)C1)S2. The molecule has 1 aromatic heterocycles. The van der Waals surface area contributed by atoms with Crippen LogP contribution in [0.2, 0.25) is 0 Å². The Bertz CT molecular complexity index is 1810. The summed E-state index contributed by atoms with van der Waals surface area (Å²) in [6.45, 7) is 12.5. The molecular formula is C36H45N2O4S3+. The number of thioether (sulfide) groups is 1. The summed E-state index contributed by atoms with van der Waals surface area (Å²) in [7, 11) is -3.92. The van der Waals surface area contributed by atoms with Gasteiger partial charge in [-0.1, -0.05) is 61.2 Å². The van der Waals surface area contributed by atoms with Crippen molar-refractivity contribution in [2.45, 2.75) is 78.2 Å². The molecule has 0 bridgehead atoms. The quantitative estimate of drug-likeness (QED) is 0.122. The fraction of sp³-hybridized carbons (Fsp3) is 0.417. The van der Waals surface area contributed by atoms with Crippen molar-refractivity contribution in [1.29, 1.82) is 0 Å². The number of aromatic nitrogens is 1. The van der Waals surface area contributed by atoms with Crippen LogP contribution in [0, 0.1) is 26.2 Å². The van der Waals surface area contributed by atoms with Gasteiger partial charge < -0.3 is 10.0 Å². The lowest BCUT2D eigenvalue weighted by molar-refractivity contribution is -0.669. The largest absolute Gasteiger partial charge is 0.395 e. The highest BCUT2D eigenvalue weighted by Crippen LogP contribution is 2.48. The third-order valence-electron chi connectivity index (χ3n) is 8.43. The molecule has 0 saturated carbocycles. The molecule has 1 aliphatic heterocycles. The lowest BCUT2D eigenvalue weighted by Gasteiger charge is -2.31. The van der Waals surface area contributed by atoms with Crippen LogP contribution in [-0.2, 0) is 16.7 Å². The lowest BCUT2D eigenvalue weighted by Crippen LogP contribution is -2.35. The molecule has 0 unspecified atom stereocenters. The van der Waals surface area contributed by atoms with E-state index in [-0.39, 0.29) is 17.8 Å². The van der Waals surface area contributed by atoms with Crippen molar-refractivity contribution in [3.8, 4) is 0 Å². The van der Waals surface area contributed by atoms with Crippen molar-refractivity contribution in [2.24, 2.45) is 5.41 Å². The van der Waals surface area contributed by atoms with Gasteiger partial charge in [0, 0.05) is 30.0 Å². The molecule has 2 aromatic carbocycles. The number of unbranched alkanes of at least 4 members (excludes halogenated alkanes) is 2. The van der Waals surface area contributed by atoms with Crippen LogP contribution in [0.1, 0.15) is 67.6 Å². The minimum Gasteiger partial charge on any atom is -0.395 e. The van der Waals surface area contributed by atoms with Crippen molar-refractivity contribution in [1.82, 2.24) is 0 Å². The zero-order valence-corrected chi connectivity index (χ0v) is 29.4. The third kappa shape index (κ3) is 8.57. The highest BCUT2D eigenvalue weighted by atomic mass is 32.2. The van der Waals surface area contributed by atoms with Crippen molar-refractivity contribution in [2.75, 3.05) is 23.8 Å². The maximum Gasteiger partial charge on any atom is 0.264 e. The number of allylic oxidation sites excluding steroid dienone is 6. The lowest BCUT2D eigenvalue weighted by atomic mass is 9.75. The van der Waals surface area contributed by atoms with Gasteiger partial charge in [0.15, 0.2) is 6.54 Å². The molecule has 3 aromatic rings. The van der Waals surface area contributed by atoms with E-state index >= 15 is 0 Å². The number of anilines is 1. The topological polar surface area (TPSA) is 81.7 Å². The van der Waals surface area contributed by atoms with Gasteiger partial charge in [-0.25, -0.2) is 0 Å². The number of aliphatic hydroxyl groups excluding tert-OH is 1. The number of nitrogens with zero attached hydrogens (tertiary/aromatic N) is 2. The number of thiazole rings is 1. The fourth-order valence-electron chi connectivity index (χ4n) is 6.21. The first-order valence-corrected chi connectivity index (χ1v) is 18.9. The average Bonchev–Trinajstić information content (AvgIpc) is 3.44. The molecule has 45 heavy (non-hydrogen) atoms. The Balaban J connectivity index is 1.40. The highest BCUT2D eigenvalue weighted by Gasteiger charge is 2.28. The number of hydrogen-bond donors (Lipinski definition) is 2. The average molecular weight is 666 g/mol. The van der Waals surface area contributed by atoms with E-state index in [9.17, 15) is 13.5 Å². The van der Waals surface area contributed by atoms with Gasteiger partial charge in [-0.15, -0.1) is 0 Å². The summed E-state index contributed by atoms with van der Waals surface area (Å²) in [5.41, 5.74) is 8.85. The molecule has 0 radical (unpaired) electrons. The Kier molecular flexibility index (Phi) is 10.5. The van der Waals surface area contributed by atoms with E-state index in [0.717, 1.165) is 42.3 Å². The number of fused-ring (bicyclic) bond motifs is 2. The summed E-state index contributed by atoms with van der Waals surface area (Å²) in [4.78, 5) is 3.47. The number of hydrogen-bond acceptors (Lipinski definition) is 6. The van der Waals surface area contributed by atoms with Crippen LogP contribution in [0.3, 0.4) is 0 Å². The van der Waals surface area contributed by atoms with Gasteiger partial charge in [-0.3, -0.25) is 4.55 Å². The van der Waals surface area contributed by atoms with Crippen molar-refractivity contribution >= 4 is 55.2 Å². The van der Waals surface area contributed by atoms with E-state index in [1.165, 1.54) is 48.6 Å². The second-order valence-electron chi connectivity index (χ2n) is 13.1. The highest BCUT2D eigenvalue weighted by molar-refractivity contribution is 8.03. The summed E-state index contributed by atoms with van der Waals surface area (Å²) >= 11 is 3.56. The predicted molar refractivity (Wildman–Crippen MR) is 190 cm³/mol. The number of aliphatic hydroxyl groups is 1. The van der Waals surface area contributed by atoms with Crippen LogP contribution in [0.4, 0.5) is 5.69 Å². The molecule has 9 heteroatoms. The molecule has 0 saturated heterocycles. The van der Waals surface area contributed by atoms with E-state index < -0.39 is 10.1 Å². The van der Waals surface area contributed by atoms with Crippen LogP contribution in [0.15, 0.2) is 75.7 Å². The van der Waals surface area contributed by atoms with E-state index in [2.05, 4.69) is 105 Å². The molecule has 2 N–H and O–H groups in total. The summed E-state index contributed by atoms with van der Waals surface area (Å²) in [6.07, 6.45) is 15.3. The number of rotatable bonds is 11. The van der Waals surface area contributed by atoms with Crippen molar-refractivity contribution in [3.05, 3.63) is 92.5 Å². The number of benzene rings is 2. The second-order valence-corrected chi connectivity index (χ2v) is 16.8. The number of aryl methyl sites for hydroxylation is 4. The molecule has 0 spiro atoms.